The Hall–Kier alpha value is -1.96. The second-order valence-electron chi connectivity index (χ2n) is 6.48. The molecule has 0 bridgehead atoms. The van der Waals surface area contributed by atoms with Gasteiger partial charge in [0.2, 0.25) is 5.91 Å². The number of likely N-dealkylation sites (tertiary alicyclic amines) is 1. The van der Waals surface area contributed by atoms with Crippen LogP contribution in [0.15, 0.2) is 24.3 Å². The van der Waals surface area contributed by atoms with Gasteiger partial charge in [-0.1, -0.05) is 18.2 Å². The highest BCUT2D eigenvalue weighted by Crippen LogP contribution is 2.39. The molecule has 6 nitrogen and oxygen atoms in total. The first-order valence-corrected chi connectivity index (χ1v) is 9.67. The highest BCUT2D eigenvalue weighted by atomic mass is 32.1. The summed E-state index contributed by atoms with van der Waals surface area (Å²) in [5.74, 6) is 0.256. The smallest absolute Gasteiger partial charge is 0.261 e. The van der Waals surface area contributed by atoms with Crippen molar-refractivity contribution >= 4 is 33.2 Å². The molecule has 1 aromatic heterocycles. The lowest BCUT2D eigenvalue weighted by Crippen LogP contribution is -2.37. The molecule has 1 unspecified atom stereocenters. The minimum atomic E-state index is -0.0306. The van der Waals surface area contributed by atoms with Crippen molar-refractivity contribution < 1.29 is 14.3 Å². The summed E-state index contributed by atoms with van der Waals surface area (Å²) in [6.45, 7) is 3.09. The van der Waals surface area contributed by atoms with Gasteiger partial charge in [-0.3, -0.25) is 14.5 Å². The van der Waals surface area contributed by atoms with E-state index in [1.807, 2.05) is 12.1 Å². The topological polar surface area (TPSA) is 70.7 Å². The number of fused-ring (bicyclic) bond motifs is 1. The van der Waals surface area contributed by atoms with Gasteiger partial charge in [0.05, 0.1) is 18.0 Å². The van der Waals surface area contributed by atoms with E-state index in [9.17, 15) is 9.59 Å². The van der Waals surface area contributed by atoms with Gasteiger partial charge in [-0.05, 0) is 30.0 Å². The Morgan fingerprint density at radius 3 is 2.92 bits per heavy atom. The first-order chi connectivity index (χ1) is 12.6. The van der Waals surface area contributed by atoms with Gasteiger partial charge in [-0.25, -0.2) is 0 Å². The third kappa shape index (κ3) is 4.06. The molecular weight excluding hydrogens is 350 g/mol. The van der Waals surface area contributed by atoms with Crippen LogP contribution in [0.2, 0.25) is 0 Å². The van der Waals surface area contributed by atoms with Gasteiger partial charge < -0.3 is 15.4 Å². The molecule has 7 heteroatoms. The van der Waals surface area contributed by atoms with Crippen LogP contribution < -0.4 is 10.6 Å². The number of benzene rings is 1. The molecule has 0 spiro atoms. The van der Waals surface area contributed by atoms with E-state index >= 15 is 0 Å². The number of nitrogens with one attached hydrogen (secondary N) is 2. The Morgan fingerprint density at radius 2 is 2.15 bits per heavy atom. The average Bonchev–Trinajstić information content (AvgIpc) is 3.25. The van der Waals surface area contributed by atoms with E-state index in [4.69, 9.17) is 4.74 Å². The number of hydrogen-bond acceptors (Lipinski definition) is 5. The molecule has 2 aromatic rings. The number of amides is 2. The lowest BCUT2D eigenvalue weighted by Gasteiger charge is -2.16. The molecule has 1 atom stereocenters. The minimum Gasteiger partial charge on any atom is -0.383 e. The van der Waals surface area contributed by atoms with Gasteiger partial charge in [0, 0.05) is 37.9 Å². The van der Waals surface area contributed by atoms with Crippen LogP contribution in [0.5, 0.6) is 0 Å². The van der Waals surface area contributed by atoms with Gasteiger partial charge in [0.1, 0.15) is 0 Å². The SMILES string of the molecule is CNC(=O)c1sc2ccccc2c1C1CCN(CC(=O)NCCOC)C1. The number of rotatable bonds is 7. The summed E-state index contributed by atoms with van der Waals surface area (Å²) in [6, 6.07) is 8.17. The van der Waals surface area contributed by atoms with Gasteiger partial charge in [0.25, 0.3) is 5.91 Å². The highest BCUT2D eigenvalue weighted by molar-refractivity contribution is 7.21. The molecule has 0 radical (unpaired) electrons. The normalized spacial score (nSPS) is 17.5. The van der Waals surface area contributed by atoms with Crippen LogP contribution in [-0.4, -0.2) is 63.7 Å². The molecule has 3 rings (SSSR count). The Morgan fingerprint density at radius 1 is 1.35 bits per heavy atom. The maximum Gasteiger partial charge on any atom is 0.261 e. The number of thiophene rings is 1. The molecule has 2 heterocycles. The maximum atomic E-state index is 12.4. The summed E-state index contributed by atoms with van der Waals surface area (Å²) in [4.78, 5) is 27.4. The van der Waals surface area contributed by atoms with Crippen LogP contribution in [0.1, 0.15) is 27.6 Å². The van der Waals surface area contributed by atoms with Crippen molar-refractivity contribution in [3.05, 3.63) is 34.7 Å². The zero-order valence-electron chi connectivity index (χ0n) is 15.2. The van der Waals surface area contributed by atoms with Crippen LogP contribution in [0, 0.1) is 0 Å². The molecule has 1 aliphatic rings. The highest BCUT2D eigenvalue weighted by Gasteiger charge is 2.31. The maximum absolute atomic E-state index is 12.4. The molecule has 1 fully saturated rings. The number of ether oxygens (including phenoxy) is 1. The summed E-state index contributed by atoms with van der Waals surface area (Å²) in [6.07, 6.45) is 0.954. The van der Waals surface area contributed by atoms with Crippen molar-refractivity contribution in [2.45, 2.75) is 12.3 Å². The van der Waals surface area contributed by atoms with Crippen molar-refractivity contribution in [1.29, 1.82) is 0 Å². The second kappa shape index (κ2) is 8.62. The van der Waals surface area contributed by atoms with Crippen LogP contribution in [0.3, 0.4) is 0 Å². The predicted octanol–water partition coefficient (Wildman–Crippen LogP) is 1.81. The molecule has 26 heavy (non-hydrogen) atoms. The van der Waals surface area contributed by atoms with E-state index in [0.29, 0.717) is 19.7 Å². The van der Waals surface area contributed by atoms with Gasteiger partial charge in [-0.15, -0.1) is 11.3 Å². The molecule has 0 aliphatic carbocycles. The van der Waals surface area contributed by atoms with Crippen LogP contribution >= 0.6 is 11.3 Å². The minimum absolute atomic E-state index is 0.0180. The van der Waals surface area contributed by atoms with E-state index in [1.54, 1.807) is 25.5 Å². The fourth-order valence-corrected chi connectivity index (χ4v) is 4.75. The lowest BCUT2D eigenvalue weighted by atomic mass is 9.95. The fraction of sp³-hybridized carbons (Fsp3) is 0.474. The zero-order valence-corrected chi connectivity index (χ0v) is 16.0. The molecular formula is C19H25N3O3S. The Kier molecular flexibility index (Phi) is 6.24. The standard InChI is InChI=1S/C19H25N3O3S/c1-20-19(24)18-17(14-5-3-4-6-15(14)26-18)13-7-9-22(11-13)12-16(23)21-8-10-25-2/h3-6,13H,7-12H2,1-2H3,(H,20,24)(H,21,23). The molecule has 2 amide bonds. The third-order valence-electron chi connectivity index (χ3n) is 4.74. The van der Waals surface area contributed by atoms with Crippen LogP contribution in [-0.2, 0) is 9.53 Å². The zero-order chi connectivity index (χ0) is 18.5. The van der Waals surface area contributed by atoms with Gasteiger partial charge in [-0.2, -0.15) is 0 Å². The average molecular weight is 375 g/mol. The van der Waals surface area contributed by atoms with Crippen molar-refractivity contribution in [1.82, 2.24) is 15.5 Å². The molecule has 1 saturated heterocycles. The number of hydrogen-bond donors (Lipinski definition) is 2. The van der Waals surface area contributed by atoms with Crippen molar-refractivity contribution in [2.75, 3.05) is 46.9 Å². The summed E-state index contributed by atoms with van der Waals surface area (Å²) in [5.41, 5.74) is 1.13. The Labute approximate surface area is 157 Å². The van der Waals surface area contributed by atoms with E-state index in [0.717, 1.165) is 40.0 Å². The van der Waals surface area contributed by atoms with E-state index in [2.05, 4.69) is 27.7 Å². The summed E-state index contributed by atoms with van der Waals surface area (Å²) in [5, 5.41) is 6.78. The summed E-state index contributed by atoms with van der Waals surface area (Å²) >= 11 is 1.55. The second-order valence-corrected chi connectivity index (χ2v) is 7.54. The van der Waals surface area contributed by atoms with Crippen molar-refractivity contribution in [3.63, 3.8) is 0 Å². The number of carbonyl (C=O) groups excluding carboxylic acids is 2. The summed E-state index contributed by atoms with van der Waals surface area (Å²) in [7, 11) is 3.29. The quantitative estimate of drug-likeness (QED) is 0.724. The van der Waals surface area contributed by atoms with E-state index in [-0.39, 0.29) is 17.7 Å². The van der Waals surface area contributed by atoms with E-state index in [1.165, 1.54) is 0 Å². The monoisotopic (exact) mass is 375 g/mol. The number of methoxy groups -OCH3 is 1. The largest absolute Gasteiger partial charge is 0.383 e. The molecule has 0 saturated carbocycles. The Bertz CT molecular complexity index is 789. The third-order valence-corrected chi connectivity index (χ3v) is 5.93. The van der Waals surface area contributed by atoms with Crippen LogP contribution in [0.25, 0.3) is 10.1 Å². The van der Waals surface area contributed by atoms with Crippen molar-refractivity contribution in [3.8, 4) is 0 Å². The van der Waals surface area contributed by atoms with E-state index < -0.39 is 0 Å². The van der Waals surface area contributed by atoms with Crippen molar-refractivity contribution in [2.24, 2.45) is 0 Å². The predicted molar refractivity (Wildman–Crippen MR) is 104 cm³/mol. The fourth-order valence-electron chi connectivity index (χ4n) is 3.52. The molecule has 140 valence electrons. The van der Waals surface area contributed by atoms with Crippen LogP contribution in [0.4, 0.5) is 0 Å². The summed E-state index contributed by atoms with van der Waals surface area (Å²) < 4.78 is 6.09. The lowest BCUT2D eigenvalue weighted by molar-refractivity contribution is -0.122. The molecule has 1 aromatic carbocycles. The molecule has 2 N–H and O–H groups in total. The first kappa shape index (κ1) is 18.8. The molecule has 1 aliphatic heterocycles. The van der Waals surface area contributed by atoms with Gasteiger partial charge >= 0.3 is 0 Å². The number of nitrogens with zero attached hydrogens (tertiary/aromatic N) is 1. The Balaban J connectivity index is 1.74. The number of carbonyl (C=O) groups is 2. The first-order valence-electron chi connectivity index (χ1n) is 8.85. The van der Waals surface area contributed by atoms with Gasteiger partial charge in [0.15, 0.2) is 0 Å².